The Labute approximate surface area is 91.4 Å². The fourth-order valence-corrected chi connectivity index (χ4v) is 1.82. The Hall–Kier alpha value is -1.65. The Bertz CT molecular complexity index is 434. The molecule has 1 aliphatic heterocycles. The first-order valence-corrected chi connectivity index (χ1v) is 4.94. The summed E-state index contributed by atoms with van der Waals surface area (Å²) in [5.74, 6) is -1.43. The molecular weight excluding hydrogens is 216 g/mol. The number of hydrogen-bond donors (Lipinski definition) is 1. The maximum atomic E-state index is 13.3. The van der Waals surface area contributed by atoms with Gasteiger partial charge >= 0.3 is 0 Å². The van der Waals surface area contributed by atoms with Crippen LogP contribution in [0, 0.1) is 11.6 Å². The zero-order chi connectivity index (χ0) is 11.7. The van der Waals surface area contributed by atoms with Crippen molar-refractivity contribution in [3.05, 3.63) is 29.3 Å². The van der Waals surface area contributed by atoms with Crippen LogP contribution in [-0.4, -0.2) is 18.6 Å². The molecule has 1 amide bonds. The van der Waals surface area contributed by atoms with E-state index in [1.807, 2.05) is 0 Å². The molecular formula is C11H11F2NO2. The Balaban J connectivity index is 2.23. The molecule has 2 rings (SSSR count). The molecule has 0 spiro atoms. The summed E-state index contributed by atoms with van der Waals surface area (Å²) in [7, 11) is 0. The van der Waals surface area contributed by atoms with Gasteiger partial charge in [0.25, 0.3) is 0 Å². The van der Waals surface area contributed by atoms with Gasteiger partial charge in [-0.15, -0.1) is 0 Å². The fourth-order valence-electron chi connectivity index (χ4n) is 1.82. The number of hydrogen-bond acceptors (Lipinski definition) is 2. The predicted octanol–water partition coefficient (Wildman–Crippen LogP) is 1.40. The summed E-state index contributed by atoms with van der Waals surface area (Å²) in [6.07, 6.45) is 0.379. The molecule has 0 unspecified atom stereocenters. The van der Waals surface area contributed by atoms with Gasteiger partial charge < -0.3 is 10.1 Å². The molecule has 16 heavy (non-hydrogen) atoms. The minimum absolute atomic E-state index is 0.0861. The van der Waals surface area contributed by atoms with Crippen LogP contribution in [-0.2, 0) is 11.2 Å². The average molecular weight is 227 g/mol. The second-order valence-corrected chi connectivity index (χ2v) is 3.79. The molecule has 0 saturated heterocycles. The van der Waals surface area contributed by atoms with Crippen molar-refractivity contribution in [2.45, 2.75) is 19.4 Å². The van der Waals surface area contributed by atoms with E-state index in [1.54, 1.807) is 0 Å². The second kappa shape index (κ2) is 4.08. The number of amides is 1. The van der Waals surface area contributed by atoms with Crippen molar-refractivity contribution < 1.29 is 18.3 Å². The molecule has 0 aromatic heterocycles. The van der Waals surface area contributed by atoms with Gasteiger partial charge in [-0.2, -0.15) is 0 Å². The van der Waals surface area contributed by atoms with Crippen LogP contribution in [0.4, 0.5) is 8.78 Å². The summed E-state index contributed by atoms with van der Waals surface area (Å²) in [6, 6.07) is 1.79. The normalized spacial score (nSPS) is 18.6. The van der Waals surface area contributed by atoms with E-state index in [0.29, 0.717) is 12.0 Å². The summed E-state index contributed by atoms with van der Waals surface area (Å²) in [4.78, 5) is 10.8. The third-order valence-electron chi connectivity index (χ3n) is 2.39. The second-order valence-electron chi connectivity index (χ2n) is 3.79. The molecule has 0 saturated carbocycles. The van der Waals surface area contributed by atoms with E-state index in [-0.39, 0.29) is 24.3 Å². The topological polar surface area (TPSA) is 38.3 Å². The van der Waals surface area contributed by atoms with Gasteiger partial charge in [0.2, 0.25) is 5.91 Å². The van der Waals surface area contributed by atoms with Crippen LogP contribution in [0.15, 0.2) is 12.1 Å². The van der Waals surface area contributed by atoms with E-state index in [1.165, 1.54) is 13.0 Å². The SMILES string of the molecule is CC(=O)N[C@H]1COc2c(F)cc(F)cc2C1. The van der Waals surface area contributed by atoms with Crippen molar-refractivity contribution in [3.8, 4) is 5.75 Å². The highest BCUT2D eigenvalue weighted by molar-refractivity contribution is 5.73. The van der Waals surface area contributed by atoms with E-state index in [9.17, 15) is 13.6 Å². The van der Waals surface area contributed by atoms with Gasteiger partial charge in [-0.3, -0.25) is 4.79 Å². The van der Waals surface area contributed by atoms with E-state index >= 15 is 0 Å². The molecule has 0 radical (unpaired) electrons. The third kappa shape index (κ3) is 2.13. The highest BCUT2D eigenvalue weighted by Gasteiger charge is 2.23. The molecule has 1 aromatic rings. The monoisotopic (exact) mass is 227 g/mol. The molecule has 86 valence electrons. The van der Waals surface area contributed by atoms with Crippen LogP contribution in [0.25, 0.3) is 0 Å². The number of ether oxygens (including phenoxy) is 1. The van der Waals surface area contributed by atoms with E-state index in [4.69, 9.17) is 4.74 Å². The largest absolute Gasteiger partial charge is 0.488 e. The summed E-state index contributed by atoms with van der Waals surface area (Å²) in [5.41, 5.74) is 0.447. The molecule has 1 atom stereocenters. The number of carbonyl (C=O) groups excluding carboxylic acids is 1. The number of nitrogens with one attached hydrogen (secondary N) is 1. The number of rotatable bonds is 1. The maximum absolute atomic E-state index is 13.3. The minimum Gasteiger partial charge on any atom is -0.488 e. The zero-order valence-electron chi connectivity index (χ0n) is 8.72. The lowest BCUT2D eigenvalue weighted by molar-refractivity contribution is -0.119. The lowest BCUT2D eigenvalue weighted by Crippen LogP contribution is -2.41. The number of carbonyl (C=O) groups is 1. The summed E-state index contributed by atoms with van der Waals surface area (Å²) < 4.78 is 31.4. The summed E-state index contributed by atoms with van der Waals surface area (Å²) >= 11 is 0. The molecule has 1 aliphatic rings. The van der Waals surface area contributed by atoms with Crippen molar-refractivity contribution in [2.75, 3.05) is 6.61 Å². The average Bonchev–Trinajstić information content (AvgIpc) is 2.15. The van der Waals surface area contributed by atoms with E-state index in [2.05, 4.69) is 5.32 Å². The van der Waals surface area contributed by atoms with Crippen LogP contribution in [0.3, 0.4) is 0 Å². The van der Waals surface area contributed by atoms with Gasteiger partial charge in [-0.25, -0.2) is 8.78 Å². The highest BCUT2D eigenvalue weighted by atomic mass is 19.1. The fraction of sp³-hybridized carbons (Fsp3) is 0.364. The van der Waals surface area contributed by atoms with Crippen molar-refractivity contribution in [1.29, 1.82) is 0 Å². The highest BCUT2D eigenvalue weighted by Crippen LogP contribution is 2.28. The molecule has 1 N–H and O–H groups in total. The quantitative estimate of drug-likeness (QED) is 0.787. The van der Waals surface area contributed by atoms with Gasteiger partial charge in [0.15, 0.2) is 11.6 Å². The number of fused-ring (bicyclic) bond motifs is 1. The van der Waals surface area contributed by atoms with Gasteiger partial charge in [0.05, 0.1) is 6.04 Å². The van der Waals surface area contributed by atoms with Crippen molar-refractivity contribution in [2.24, 2.45) is 0 Å². The zero-order valence-corrected chi connectivity index (χ0v) is 8.72. The third-order valence-corrected chi connectivity index (χ3v) is 2.39. The first-order chi connectivity index (χ1) is 7.56. The maximum Gasteiger partial charge on any atom is 0.217 e. The lowest BCUT2D eigenvalue weighted by Gasteiger charge is -2.25. The molecule has 1 aromatic carbocycles. The van der Waals surface area contributed by atoms with E-state index < -0.39 is 11.6 Å². The minimum atomic E-state index is -0.698. The van der Waals surface area contributed by atoms with Crippen molar-refractivity contribution in [1.82, 2.24) is 5.32 Å². The number of benzene rings is 1. The van der Waals surface area contributed by atoms with Crippen LogP contribution < -0.4 is 10.1 Å². The Morgan fingerprint density at radius 2 is 2.25 bits per heavy atom. The first kappa shape index (κ1) is 10.9. The molecule has 0 aliphatic carbocycles. The van der Waals surface area contributed by atoms with Crippen LogP contribution in [0.2, 0.25) is 0 Å². The van der Waals surface area contributed by atoms with Gasteiger partial charge in [0.1, 0.15) is 12.4 Å². The molecule has 0 fully saturated rings. The molecule has 5 heteroatoms. The van der Waals surface area contributed by atoms with Crippen LogP contribution >= 0.6 is 0 Å². The van der Waals surface area contributed by atoms with Gasteiger partial charge in [-0.1, -0.05) is 0 Å². The lowest BCUT2D eigenvalue weighted by atomic mass is 10.0. The Morgan fingerprint density at radius 1 is 1.50 bits per heavy atom. The Morgan fingerprint density at radius 3 is 2.94 bits per heavy atom. The van der Waals surface area contributed by atoms with E-state index in [0.717, 1.165) is 6.07 Å². The summed E-state index contributed by atoms with van der Waals surface area (Å²) in [6.45, 7) is 1.59. The van der Waals surface area contributed by atoms with Crippen molar-refractivity contribution in [3.63, 3.8) is 0 Å². The van der Waals surface area contributed by atoms with Gasteiger partial charge in [-0.05, 0) is 12.5 Å². The number of halogens is 2. The standard InChI is InChI=1S/C11H11F2NO2/c1-6(15)14-9-3-7-2-8(12)4-10(13)11(7)16-5-9/h2,4,9H,3,5H2,1H3,(H,14,15)/t9-/m1/s1. The van der Waals surface area contributed by atoms with Gasteiger partial charge in [0, 0.05) is 18.6 Å². The molecule has 1 heterocycles. The van der Waals surface area contributed by atoms with Crippen LogP contribution in [0.5, 0.6) is 5.75 Å². The smallest absolute Gasteiger partial charge is 0.217 e. The molecule has 0 bridgehead atoms. The first-order valence-electron chi connectivity index (χ1n) is 4.94. The summed E-state index contributed by atoms with van der Waals surface area (Å²) in [5, 5.41) is 2.65. The Kier molecular flexibility index (Phi) is 2.77. The van der Waals surface area contributed by atoms with Crippen molar-refractivity contribution >= 4 is 5.91 Å². The predicted molar refractivity (Wildman–Crippen MR) is 53.2 cm³/mol. The van der Waals surface area contributed by atoms with Crippen LogP contribution in [0.1, 0.15) is 12.5 Å². The molecule has 3 nitrogen and oxygen atoms in total.